The summed E-state index contributed by atoms with van der Waals surface area (Å²) in [6.45, 7) is 5.98. The molecule has 0 aliphatic carbocycles. The monoisotopic (exact) mass is 426 g/mol. The van der Waals surface area contributed by atoms with Crippen molar-refractivity contribution in [3.8, 4) is 22.1 Å². The normalized spacial score (nSPS) is 10.5. The smallest absolute Gasteiger partial charge is 0.266 e. The van der Waals surface area contributed by atoms with Crippen molar-refractivity contribution >= 4 is 17.2 Å². The van der Waals surface area contributed by atoms with Gasteiger partial charge in [0.05, 0.1) is 19.9 Å². The zero-order chi connectivity index (χ0) is 21.7. The van der Waals surface area contributed by atoms with Crippen LogP contribution in [0.3, 0.4) is 0 Å². The highest BCUT2D eigenvalue weighted by molar-refractivity contribution is 7.17. The van der Waals surface area contributed by atoms with Crippen LogP contribution in [0, 0.1) is 12.7 Å². The standard InChI is InChI=1S/C23H23FN2O3S/c1-5-12-26(14-17-8-6-7-9-18(17)24)23(27)21-15(2)25-22(30-21)16-10-11-19(28-3)20(13-16)29-4/h5-11,13H,1,12,14H2,2-4H3. The third-order valence-electron chi connectivity index (χ3n) is 4.58. The Labute approximate surface area is 179 Å². The highest BCUT2D eigenvalue weighted by atomic mass is 32.1. The molecule has 0 radical (unpaired) electrons. The van der Waals surface area contributed by atoms with E-state index in [-0.39, 0.29) is 18.3 Å². The van der Waals surface area contributed by atoms with E-state index < -0.39 is 0 Å². The van der Waals surface area contributed by atoms with Crippen LogP contribution in [0.1, 0.15) is 20.9 Å². The maximum absolute atomic E-state index is 14.1. The summed E-state index contributed by atoms with van der Waals surface area (Å²) in [5, 5.41) is 0.696. The number of hydrogen-bond donors (Lipinski definition) is 0. The SMILES string of the molecule is C=CCN(Cc1ccccc1F)C(=O)c1sc(-c2ccc(OC)c(OC)c2)nc1C. The van der Waals surface area contributed by atoms with Crippen LogP contribution in [0.2, 0.25) is 0 Å². The first kappa shape index (κ1) is 21.5. The number of thiazole rings is 1. The number of carbonyl (C=O) groups excluding carboxylic acids is 1. The molecule has 1 aromatic heterocycles. The lowest BCUT2D eigenvalue weighted by molar-refractivity contribution is 0.0765. The number of rotatable bonds is 8. The molecule has 0 spiro atoms. The molecule has 0 aliphatic heterocycles. The molecule has 7 heteroatoms. The van der Waals surface area contributed by atoms with Gasteiger partial charge in [0.1, 0.15) is 15.7 Å². The number of carbonyl (C=O) groups is 1. The average molecular weight is 427 g/mol. The van der Waals surface area contributed by atoms with E-state index >= 15 is 0 Å². The molecular formula is C23H23FN2O3S. The van der Waals surface area contributed by atoms with Gasteiger partial charge in [-0.15, -0.1) is 17.9 Å². The summed E-state index contributed by atoms with van der Waals surface area (Å²) in [6.07, 6.45) is 1.63. The van der Waals surface area contributed by atoms with Gasteiger partial charge in [-0.2, -0.15) is 0 Å². The van der Waals surface area contributed by atoms with Crippen LogP contribution < -0.4 is 9.47 Å². The maximum atomic E-state index is 14.1. The largest absolute Gasteiger partial charge is 0.493 e. The third-order valence-corrected chi connectivity index (χ3v) is 5.77. The van der Waals surface area contributed by atoms with Gasteiger partial charge in [-0.3, -0.25) is 4.79 Å². The predicted octanol–water partition coefficient (Wildman–Crippen LogP) is 5.10. The molecular weight excluding hydrogens is 403 g/mol. The molecule has 0 aliphatic rings. The molecule has 0 saturated carbocycles. The quantitative estimate of drug-likeness (QED) is 0.470. The van der Waals surface area contributed by atoms with Crippen molar-refractivity contribution in [1.82, 2.24) is 9.88 Å². The van der Waals surface area contributed by atoms with Crippen LogP contribution >= 0.6 is 11.3 Å². The van der Waals surface area contributed by atoms with Crippen LogP contribution in [-0.2, 0) is 6.54 Å². The Bertz CT molecular complexity index is 1060. The number of aromatic nitrogens is 1. The van der Waals surface area contributed by atoms with Crippen molar-refractivity contribution in [2.75, 3.05) is 20.8 Å². The zero-order valence-corrected chi connectivity index (χ0v) is 18.0. The summed E-state index contributed by atoms with van der Waals surface area (Å²) in [4.78, 5) is 19.9. The number of aryl methyl sites for hydroxylation is 1. The van der Waals surface area contributed by atoms with Gasteiger partial charge in [-0.05, 0) is 31.2 Å². The Morgan fingerprint density at radius 2 is 1.93 bits per heavy atom. The van der Waals surface area contributed by atoms with Gasteiger partial charge in [0, 0.05) is 24.2 Å². The van der Waals surface area contributed by atoms with Crippen LogP contribution in [0.25, 0.3) is 10.6 Å². The Morgan fingerprint density at radius 1 is 1.20 bits per heavy atom. The van der Waals surface area contributed by atoms with Crippen LogP contribution in [-0.4, -0.2) is 36.6 Å². The summed E-state index contributed by atoms with van der Waals surface area (Å²) in [6, 6.07) is 11.9. The van der Waals surface area contributed by atoms with Crippen molar-refractivity contribution in [2.24, 2.45) is 0 Å². The predicted molar refractivity (Wildman–Crippen MR) is 117 cm³/mol. The summed E-state index contributed by atoms with van der Waals surface area (Å²) in [5.41, 5.74) is 1.90. The van der Waals surface area contributed by atoms with Crippen LogP contribution in [0.15, 0.2) is 55.1 Å². The van der Waals surface area contributed by atoms with Crippen molar-refractivity contribution in [3.63, 3.8) is 0 Å². The highest BCUT2D eigenvalue weighted by Crippen LogP contribution is 2.35. The fraction of sp³-hybridized carbons (Fsp3) is 0.217. The second kappa shape index (κ2) is 9.54. The van der Waals surface area contributed by atoms with E-state index in [1.54, 1.807) is 56.4 Å². The Kier molecular flexibility index (Phi) is 6.84. The molecule has 0 unspecified atom stereocenters. The van der Waals surface area contributed by atoms with E-state index in [9.17, 15) is 9.18 Å². The van der Waals surface area contributed by atoms with E-state index in [1.165, 1.54) is 17.4 Å². The van der Waals surface area contributed by atoms with Crippen molar-refractivity contribution in [3.05, 3.63) is 77.1 Å². The molecule has 1 heterocycles. The first-order chi connectivity index (χ1) is 14.5. The van der Waals surface area contributed by atoms with E-state index in [2.05, 4.69) is 11.6 Å². The van der Waals surface area contributed by atoms with E-state index in [0.717, 1.165) is 5.56 Å². The van der Waals surface area contributed by atoms with Gasteiger partial charge in [-0.25, -0.2) is 9.37 Å². The molecule has 1 amide bonds. The number of hydrogen-bond acceptors (Lipinski definition) is 5. The number of methoxy groups -OCH3 is 2. The first-order valence-electron chi connectivity index (χ1n) is 9.31. The third kappa shape index (κ3) is 4.52. The average Bonchev–Trinajstić information content (AvgIpc) is 3.15. The summed E-state index contributed by atoms with van der Waals surface area (Å²) < 4.78 is 24.7. The molecule has 0 fully saturated rings. The molecule has 0 atom stereocenters. The fourth-order valence-electron chi connectivity index (χ4n) is 3.04. The van der Waals surface area contributed by atoms with Crippen molar-refractivity contribution in [2.45, 2.75) is 13.5 Å². The first-order valence-corrected chi connectivity index (χ1v) is 10.1. The maximum Gasteiger partial charge on any atom is 0.266 e. The minimum atomic E-state index is -0.341. The lowest BCUT2D eigenvalue weighted by Gasteiger charge is -2.21. The number of ether oxygens (including phenoxy) is 2. The summed E-state index contributed by atoms with van der Waals surface area (Å²) >= 11 is 1.30. The lowest BCUT2D eigenvalue weighted by Crippen LogP contribution is -2.31. The number of halogens is 1. The molecule has 0 N–H and O–H groups in total. The molecule has 156 valence electrons. The Morgan fingerprint density at radius 3 is 2.60 bits per heavy atom. The number of amides is 1. The van der Waals surface area contributed by atoms with Crippen LogP contribution in [0.4, 0.5) is 4.39 Å². The van der Waals surface area contributed by atoms with Gasteiger partial charge in [-0.1, -0.05) is 24.3 Å². The Balaban J connectivity index is 1.91. The van der Waals surface area contributed by atoms with E-state index in [0.29, 0.717) is 39.2 Å². The van der Waals surface area contributed by atoms with Gasteiger partial charge in [0.2, 0.25) is 0 Å². The molecule has 2 aromatic carbocycles. The van der Waals surface area contributed by atoms with Gasteiger partial charge >= 0.3 is 0 Å². The minimum absolute atomic E-state index is 0.153. The van der Waals surface area contributed by atoms with Gasteiger partial charge in [0.25, 0.3) is 5.91 Å². The molecule has 3 aromatic rings. The molecule has 3 rings (SSSR count). The lowest BCUT2D eigenvalue weighted by atomic mass is 10.2. The second-order valence-electron chi connectivity index (χ2n) is 6.57. The summed E-state index contributed by atoms with van der Waals surface area (Å²) in [5.74, 6) is 0.655. The van der Waals surface area contributed by atoms with Gasteiger partial charge in [0.15, 0.2) is 11.5 Å². The Hall–Kier alpha value is -3.19. The topological polar surface area (TPSA) is 51.7 Å². The molecule has 5 nitrogen and oxygen atoms in total. The van der Waals surface area contributed by atoms with E-state index in [1.807, 2.05) is 12.1 Å². The summed E-state index contributed by atoms with van der Waals surface area (Å²) in [7, 11) is 3.14. The highest BCUT2D eigenvalue weighted by Gasteiger charge is 2.23. The fourth-order valence-corrected chi connectivity index (χ4v) is 4.07. The number of nitrogens with zero attached hydrogens (tertiary/aromatic N) is 2. The van der Waals surface area contributed by atoms with Crippen LogP contribution in [0.5, 0.6) is 11.5 Å². The molecule has 0 bridgehead atoms. The minimum Gasteiger partial charge on any atom is -0.493 e. The van der Waals surface area contributed by atoms with Crippen molar-refractivity contribution < 1.29 is 18.7 Å². The van der Waals surface area contributed by atoms with Crippen molar-refractivity contribution in [1.29, 1.82) is 0 Å². The zero-order valence-electron chi connectivity index (χ0n) is 17.1. The number of benzene rings is 2. The molecule has 30 heavy (non-hydrogen) atoms. The second-order valence-corrected chi connectivity index (χ2v) is 7.57. The van der Waals surface area contributed by atoms with E-state index in [4.69, 9.17) is 9.47 Å². The van der Waals surface area contributed by atoms with Gasteiger partial charge < -0.3 is 14.4 Å². The molecule has 0 saturated heterocycles.